The summed E-state index contributed by atoms with van der Waals surface area (Å²) < 4.78 is 0. The van der Waals surface area contributed by atoms with Crippen LogP contribution in [0.5, 0.6) is 0 Å². The maximum atomic E-state index is 12.0. The topological polar surface area (TPSA) is 66.9 Å². The van der Waals surface area contributed by atoms with E-state index in [1.807, 2.05) is 38.5 Å². The van der Waals surface area contributed by atoms with E-state index in [2.05, 4.69) is 20.6 Å². The van der Waals surface area contributed by atoms with Gasteiger partial charge in [-0.05, 0) is 27.2 Å². The summed E-state index contributed by atoms with van der Waals surface area (Å²) in [6.45, 7) is 7.85. The monoisotopic (exact) mass is 310 g/mol. The van der Waals surface area contributed by atoms with E-state index in [1.54, 1.807) is 11.3 Å². The number of aromatic nitrogens is 2. The summed E-state index contributed by atoms with van der Waals surface area (Å²) in [6, 6.07) is -0.264. The van der Waals surface area contributed by atoms with E-state index in [0.717, 1.165) is 22.8 Å². The first-order valence-corrected chi connectivity index (χ1v) is 8.13. The predicted octanol–water partition coefficient (Wildman–Crippen LogP) is 3.53. The number of aryl methyl sites for hydroxylation is 2. The Bertz CT molecular complexity index is 603. The Hall–Kier alpha value is -1.47. The van der Waals surface area contributed by atoms with Gasteiger partial charge in [0.15, 0.2) is 5.13 Å². The van der Waals surface area contributed by atoms with Crippen molar-refractivity contribution in [2.45, 2.75) is 39.7 Å². The van der Waals surface area contributed by atoms with Crippen molar-refractivity contribution in [1.29, 1.82) is 0 Å². The molecule has 0 aliphatic heterocycles. The molecule has 2 rings (SSSR count). The van der Waals surface area contributed by atoms with Crippen LogP contribution in [0.2, 0.25) is 0 Å². The molecular weight excluding hydrogens is 292 g/mol. The molecule has 0 aromatic carbocycles. The van der Waals surface area contributed by atoms with Crippen molar-refractivity contribution < 1.29 is 4.79 Å². The van der Waals surface area contributed by atoms with Crippen molar-refractivity contribution >= 4 is 33.8 Å². The molecule has 5 nitrogen and oxygen atoms in total. The number of urea groups is 1. The number of hydrogen-bond donors (Lipinski definition) is 2. The minimum Gasteiger partial charge on any atom is -0.326 e. The van der Waals surface area contributed by atoms with Gasteiger partial charge in [0, 0.05) is 16.5 Å². The van der Waals surface area contributed by atoms with Crippen LogP contribution in [-0.4, -0.2) is 16.0 Å². The molecular formula is C13H18N4OS2. The Labute approximate surface area is 126 Å². The molecule has 0 fully saturated rings. The molecule has 2 heterocycles. The van der Waals surface area contributed by atoms with Crippen molar-refractivity contribution in [3.63, 3.8) is 0 Å². The third-order valence-corrected chi connectivity index (χ3v) is 4.80. The fourth-order valence-electron chi connectivity index (χ4n) is 1.63. The largest absolute Gasteiger partial charge is 0.326 e. The van der Waals surface area contributed by atoms with Crippen LogP contribution in [-0.2, 0) is 12.0 Å². The maximum absolute atomic E-state index is 12.0. The van der Waals surface area contributed by atoms with Gasteiger partial charge in [0.25, 0.3) is 0 Å². The number of carbonyl (C=O) groups is 1. The second kappa shape index (κ2) is 5.88. The lowest BCUT2D eigenvalue weighted by molar-refractivity contribution is 0.241. The van der Waals surface area contributed by atoms with Crippen LogP contribution >= 0.6 is 22.7 Å². The normalized spacial score (nSPS) is 11.4. The van der Waals surface area contributed by atoms with Crippen LogP contribution < -0.4 is 10.6 Å². The van der Waals surface area contributed by atoms with Gasteiger partial charge in [-0.3, -0.25) is 5.32 Å². The van der Waals surface area contributed by atoms with E-state index in [0.29, 0.717) is 5.13 Å². The highest BCUT2D eigenvalue weighted by atomic mass is 32.1. The van der Waals surface area contributed by atoms with Crippen LogP contribution in [0, 0.1) is 6.92 Å². The Morgan fingerprint density at radius 1 is 1.30 bits per heavy atom. The lowest BCUT2D eigenvalue weighted by Gasteiger charge is -2.23. The lowest BCUT2D eigenvalue weighted by atomic mass is 10.1. The Morgan fingerprint density at radius 3 is 2.60 bits per heavy atom. The summed E-state index contributed by atoms with van der Waals surface area (Å²) in [5.74, 6) is 0. The van der Waals surface area contributed by atoms with Crippen molar-refractivity contribution in [3.8, 4) is 0 Å². The average molecular weight is 310 g/mol. The molecule has 0 atom stereocenters. The van der Waals surface area contributed by atoms with Crippen molar-refractivity contribution in [1.82, 2.24) is 15.3 Å². The smallest absolute Gasteiger partial charge is 0.321 e. The quantitative estimate of drug-likeness (QED) is 0.908. The molecule has 0 unspecified atom stereocenters. The standard InChI is InChI=1S/C13H18N4OS2/c1-5-9-7-20-12(15-9)16-11(18)17-13(3,4)10-14-8(2)6-19-10/h6-7H,5H2,1-4H3,(H2,15,16,17,18). The molecule has 0 saturated carbocycles. The molecule has 20 heavy (non-hydrogen) atoms. The van der Waals surface area contributed by atoms with Gasteiger partial charge >= 0.3 is 6.03 Å². The second-order valence-corrected chi connectivity index (χ2v) is 6.71. The van der Waals surface area contributed by atoms with Crippen LogP contribution in [0.3, 0.4) is 0 Å². The van der Waals surface area contributed by atoms with E-state index in [4.69, 9.17) is 0 Å². The maximum Gasteiger partial charge on any atom is 0.321 e. The minimum atomic E-state index is -0.506. The average Bonchev–Trinajstić information content (AvgIpc) is 2.97. The highest BCUT2D eigenvalue weighted by Gasteiger charge is 2.26. The van der Waals surface area contributed by atoms with Gasteiger partial charge in [-0.2, -0.15) is 0 Å². The fourth-order valence-corrected chi connectivity index (χ4v) is 3.30. The number of carbonyl (C=O) groups excluding carboxylic acids is 1. The second-order valence-electron chi connectivity index (χ2n) is 5.00. The minimum absolute atomic E-state index is 0.264. The molecule has 0 aliphatic carbocycles. The van der Waals surface area contributed by atoms with Crippen LogP contribution in [0.15, 0.2) is 10.8 Å². The Balaban J connectivity index is 2.00. The fraction of sp³-hybridized carbons (Fsp3) is 0.462. The van der Waals surface area contributed by atoms with E-state index in [-0.39, 0.29) is 6.03 Å². The number of nitrogens with one attached hydrogen (secondary N) is 2. The third kappa shape index (κ3) is 3.55. The number of hydrogen-bond acceptors (Lipinski definition) is 5. The number of rotatable bonds is 4. The summed E-state index contributed by atoms with van der Waals surface area (Å²) in [7, 11) is 0. The molecule has 7 heteroatoms. The van der Waals surface area contributed by atoms with Gasteiger partial charge in [-0.15, -0.1) is 22.7 Å². The summed E-state index contributed by atoms with van der Waals surface area (Å²) in [6.07, 6.45) is 0.865. The molecule has 0 saturated heterocycles. The van der Waals surface area contributed by atoms with Gasteiger partial charge in [0.05, 0.1) is 11.2 Å². The Kier molecular flexibility index (Phi) is 4.39. The first kappa shape index (κ1) is 14.9. The first-order valence-electron chi connectivity index (χ1n) is 6.37. The Morgan fingerprint density at radius 2 is 2.05 bits per heavy atom. The van der Waals surface area contributed by atoms with Gasteiger partial charge in [-0.25, -0.2) is 14.8 Å². The van der Waals surface area contributed by atoms with Crippen LogP contribution in [0.25, 0.3) is 0 Å². The number of anilines is 1. The lowest BCUT2D eigenvalue weighted by Crippen LogP contribution is -2.43. The molecule has 0 aliphatic rings. The van der Waals surface area contributed by atoms with Crippen LogP contribution in [0.1, 0.15) is 37.2 Å². The van der Waals surface area contributed by atoms with E-state index >= 15 is 0 Å². The molecule has 2 aromatic rings. The summed E-state index contributed by atoms with van der Waals surface area (Å²) in [5.41, 5.74) is 1.45. The SMILES string of the molecule is CCc1csc(NC(=O)NC(C)(C)c2nc(C)cs2)n1. The van der Waals surface area contributed by atoms with Crippen molar-refractivity contribution in [2.75, 3.05) is 5.32 Å². The number of amides is 2. The molecule has 0 spiro atoms. The molecule has 2 N–H and O–H groups in total. The predicted molar refractivity (Wildman–Crippen MR) is 83.5 cm³/mol. The van der Waals surface area contributed by atoms with E-state index < -0.39 is 5.54 Å². The first-order chi connectivity index (χ1) is 9.40. The zero-order valence-electron chi connectivity index (χ0n) is 12.0. The van der Waals surface area contributed by atoms with Gasteiger partial charge in [-0.1, -0.05) is 6.92 Å². The molecule has 108 valence electrons. The molecule has 0 radical (unpaired) electrons. The van der Waals surface area contributed by atoms with Crippen molar-refractivity contribution in [2.24, 2.45) is 0 Å². The molecule has 2 amide bonds. The van der Waals surface area contributed by atoms with E-state index in [9.17, 15) is 4.79 Å². The van der Waals surface area contributed by atoms with Gasteiger partial charge < -0.3 is 5.32 Å². The molecule has 2 aromatic heterocycles. The summed E-state index contributed by atoms with van der Waals surface area (Å²) in [5, 5.41) is 11.1. The summed E-state index contributed by atoms with van der Waals surface area (Å²) in [4.78, 5) is 20.8. The van der Waals surface area contributed by atoms with Crippen molar-refractivity contribution in [3.05, 3.63) is 27.2 Å². The number of thiazole rings is 2. The van der Waals surface area contributed by atoms with E-state index in [1.165, 1.54) is 11.3 Å². The summed E-state index contributed by atoms with van der Waals surface area (Å²) >= 11 is 2.98. The zero-order chi connectivity index (χ0) is 14.8. The van der Waals surface area contributed by atoms with Gasteiger partial charge in [0.1, 0.15) is 5.01 Å². The highest BCUT2D eigenvalue weighted by Crippen LogP contribution is 2.24. The zero-order valence-corrected chi connectivity index (χ0v) is 13.6. The third-order valence-electron chi connectivity index (χ3n) is 2.71. The number of nitrogens with zero attached hydrogens (tertiary/aromatic N) is 2. The van der Waals surface area contributed by atoms with Crippen LogP contribution in [0.4, 0.5) is 9.93 Å². The molecule has 0 bridgehead atoms. The van der Waals surface area contributed by atoms with Gasteiger partial charge in [0.2, 0.25) is 0 Å². The highest BCUT2D eigenvalue weighted by molar-refractivity contribution is 7.14.